The first-order chi connectivity index (χ1) is 14.4. The predicted octanol–water partition coefficient (Wildman–Crippen LogP) is 4.03. The van der Waals surface area contributed by atoms with Gasteiger partial charge in [0, 0.05) is 29.5 Å². The third-order valence-electron chi connectivity index (χ3n) is 5.44. The van der Waals surface area contributed by atoms with Crippen molar-refractivity contribution in [2.45, 2.75) is 38.6 Å². The molecule has 30 heavy (non-hydrogen) atoms. The van der Waals surface area contributed by atoms with Gasteiger partial charge in [0.2, 0.25) is 11.7 Å². The van der Waals surface area contributed by atoms with Crippen molar-refractivity contribution in [1.29, 1.82) is 0 Å². The van der Waals surface area contributed by atoms with Crippen LogP contribution in [-0.2, 0) is 11.8 Å². The van der Waals surface area contributed by atoms with Gasteiger partial charge in [-0.15, -0.1) is 0 Å². The van der Waals surface area contributed by atoms with Gasteiger partial charge in [-0.25, -0.2) is 9.97 Å². The van der Waals surface area contributed by atoms with Crippen molar-refractivity contribution in [2.75, 3.05) is 6.54 Å². The molecular weight excluding hydrogens is 378 g/mol. The fourth-order valence-electron chi connectivity index (χ4n) is 3.89. The number of nitrogens with one attached hydrogen (secondary N) is 1. The Kier molecular flexibility index (Phi) is 4.20. The Balaban J connectivity index is 1.58. The number of oxazole rings is 1. The standard InChI is InChI=1S/C23H23N5O2/c1-23(2,3)22-24-12-18(30-22)21(29)28-11-10-16-19(26-13-25-16)20(28)17-9-8-14-6-4-5-7-15(14)27-17/h4-9,12-13,20H,10-11H2,1-3H3,(H,25,26)/t20-/m0/s1. The fraction of sp³-hybridized carbons (Fsp3) is 0.304. The van der Waals surface area contributed by atoms with Gasteiger partial charge >= 0.3 is 0 Å². The molecule has 152 valence electrons. The molecule has 4 heterocycles. The summed E-state index contributed by atoms with van der Waals surface area (Å²) in [6, 6.07) is 11.6. The summed E-state index contributed by atoms with van der Waals surface area (Å²) < 4.78 is 5.84. The fourth-order valence-corrected chi connectivity index (χ4v) is 3.89. The molecule has 4 aromatic rings. The zero-order valence-corrected chi connectivity index (χ0v) is 17.2. The molecule has 1 N–H and O–H groups in total. The number of carbonyl (C=O) groups excluding carboxylic acids is 1. The monoisotopic (exact) mass is 401 g/mol. The molecule has 0 saturated carbocycles. The summed E-state index contributed by atoms with van der Waals surface area (Å²) in [7, 11) is 0. The van der Waals surface area contributed by atoms with Crippen molar-refractivity contribution in [1.82, 2.24) is 24.8 Å². The maximum Gasteiger partial charge on any atom is 0.292 e. The molecule has 1 amide bonds. The number of imidazole rings is 1. The minimum absolute atomic E-state index is 0.202. The minimum Gasteiger partial charge on any atom is -0.435 e. The van der Waals surface area contributed by atoms with E-state index >= 15 is 0 Å². The van der Waals surface area contributed by atoms with E-state index in [1.165, 1.54) is 6.20 Å². The van der Waals surface area contributed by atoms with Crippen LogP contribution in [0.1, 0.15) is 60.3 Å². The maximum atomic E-state index is 13.4. The molecule has 0 bridgehead atoms. The van der Waals surface area contributed by atoms with Crippen LogP contribution in [-0.4, -0.2) is 37.3 Å². The summed E-state index contributed by atoms with van der Waals surface area (Å²) >= 11 is 0. The van der Waals surface area contributed by atoms with Gasteiger partial charge in [-0.3, -0.25) is 9.78 Å². The van der Waals surface area contributed by atoms with Crippen LogP contribution in [0, 0.1) is 0 Å². The highest BCUT2D eigenvalue weighted by Crippen LogP contribution is 2.34. The first-order valence-electron chi connectivity index (χ1n) is 10.1. The highest BCUT2D eigenvalue weighted by atomic mass is 16.4. The second kappa shape index (κ2) is 6.79. The number of carbonyl (C=O) groups is 1. The molecule has 0 saturated heterocycles. The number of aromatic amines is 1. The lowest BCUT2D eigenvalue weighted by Crippen LogP contribution is -2.41. The maximum absolute atomic E-state index is 13.4. The quantitative estimate of drug-likeness (QED) is 0.548. The molecule has 1 aromatic carbocycles. The van der Waals surface area contributed by atoms with E-state index in [4.69, 9.17) is 9.40 Å². The van der Waals surface area contributed by atoms with Gasteiger partial charge in [0.05, 0.1) is 29.4 Å². The van der Waals surface area contributed by atoms with Crippen LogP contribution in [0.5, 0.6) is 0 Å². The zero-order valence-electron chi connectivity index (χ0n) is 17.2. The number of hydrogen-bond acceptors (Lipinski definition) is 5. The van der Waals surface area contributed by atoms with E-state index in [9.17, 15) is 4.79 Å². The van der Waals surface area contributed by atoms with Crippen LogP contribution in [0.4, 0.5) is 0 Å². The lowest BCUT2D eigenvalue weighted by Gasteiger charge is -2.34. The minimum atomic E-state index is -0.389. The van der Waals surface area contributed by atoms with Crippen LogP contribution in [0.25, 0.3) is 10.9 Å². The SMILES string of the molecule is CC(C)(C)c1ncc(C(=O)N2CCc3[nH]cnc3[C@@H]2c2ccc3ccccc3n2)o1. The van der Waals surface area contributed by atoms with Gasteiger partial charge < -0.3 is 14.3 Å². The topological polar surface area (TPSA) is 87.9 Å². The molecule has 0 aliphatic carbocycles. The molecule has 5 rings (SSSR count). The summed E-state index contributed by atoms with van der Waals surface area (Å²) in [6.45, 7) is 6.56. The Morgan fingerprint density at radius 1 is 1.17 bits per heavy atom. The number of H-pyrrole nitrogens is 1. The Bertz CT molecular complexity index is 1230. The molecule has 3 aromatic heterocycles. The molecule has 1 atom stereocenters. The normalized spacial score (nSPS) is 16.6. The molecule has 7 heteroatoms. The summed E-state index contributed by atoms with van der Waals surface area (Å²) in [5.41, 5.74) is 3.26. The van der Waals surface area contributed by atoms with Gasteiger partial charge in [0.15, 0.2) is 0 Å². The van der Waals surface area contributed by atoms with Gasteiger partial charge in [-0.05, 0) is 12.1 Å². The number of rotatable bonds is 2. The first-order valence-corrected chi connectivity index (χ1v) is 10.1. The van der Waals surface area contributed by atoms with Crippen molar-refractivity contribution >= 4 is 16.8 Å². The number of fused-ring (bicyclic) bond motifs is 2. The van der Waals surface area contributed by atoms with Crippen molar-refractivity contribution in [2.24, 2.45) is 0 Å². The molecule has 0 unspecified atom stereocenters. The smallest absolute Gasteiger partial charge is 0.292 e. The summed E-state index contributed by atoms with van der Waals surface area (Å²) in [5, 5.41) is 1.06. The van der Waals surface area contributed by atoms with Crippen molar-refractivity contribution in [3.63, 3.8) is 0 Å². The first kappa shape index (κ1) is 18.5. The number of pyridine rings is 1. The second-order valence-electron chi connectivity index (χ2n) is 8.63. The number of aromatic nitrogens is 4. The van der Waals surface area contributed by atoms with Gasteiger partial charge in [-0.2, -0.15) is 0 Å². The lowest BCUT2D eigenvalue weighted by atomic mass is 9.97. The Morgan fingerprint density at radius 3 is 2.80 bits per heavy atom. The second-order valence-corrected chi connectivity index (χ2v) is 8.63. The average molecular weight is 401 g/mol. The Hall–Kier alpha value is -3.48. The summed E-state index contributed by atoms with van der Waals surface area (Å²) in [6.07, 6.45) is 3.90. The zero-order chi connectivity index (χ0) is 20.9. The molecule has 1 aliphatic rings. The summed E-state index contributed by atoms with van der Waals surface area (Å²) in [5.74, 6) is 0.583. The third kappa shape index (κ3) is 3.07. The van der Waals surface area contributed by atoms with Crippen LogP contribution < -0.4 is 0 Å². The number of nitrogens with zero attached hydrogens (tertiary/aromatic N) is 4. The lowest BCUT2D eigenvalue weighted by molar-refractivity contribution is 0.0651. The number of amides is 1. The van der Waals surface area contributed by atoms with Gasteiger partial charge in [-0.1, -0.05) is 45.0 Å². The van der Waals surface area contributed by atoms with E-state index in [1.807, 2.05) is 57.2 Å². The van der Waals surface area contributed by atoms with Gasteiger partial charge in [0.1, 0.15) is 6.04 Å². The Labute approximate surface area is 174 Å². The van der Waals surface area contributed by atoms with Crippen LogP contribution in [0.2, 0.25) is 0 Å². The Morgan fingerprint density at radius 2 is 2.00 bits per heavy atom. The van der Waals surface area contributed by atoms with Crippen molar-refractivity contribution in [3.8, 4) is 0 Å². The van der Waals surface area contributed by atoms with Crippen molar-refractivity contribution in [3.05, 3.63) is 77.7 Å². The van der Waals surface area contributed by atoms with Crippen LogP contribution >= 0.6 is 0 Å². The molecule has 7 nitrogen and oxygen atoms in total. The largest absolute Gasteiger partial charge is 0.435 e. The van der Waals surface area contributed by atoms with E-state index in [-0.39, 0.29) is 23.1 Å². The number of hydrogen-bond donors (Lipinski definition) is 1. The molecule has 0 radical (unpaired) electrons. The number of benzene rings is 1. The molecule has 0 fully saturated rings. The molecular formula is C23H23N5O2. The van der Waals surface area contributed by atoms with E-state index in [0.717, 1.165) is 28.0 Å². The predicted molar refractivity (Wildman–Crippen MR) is 112 cm³/mol. The van der Waals surface area contributed by atoms with E-state index in [0.29, 0.717) is 18.9 Å². The average Bonchev–Trinajstić information content (AvgIpc) is 3.41. The van der Waals surface area contributed by atoms with E-state index < -0.39 is 0 Å². The van der Waals surface area contributed by atoms with Crippen molar-refractivity contribution < 1.29 is 9.21 Å². The van der Waals surface area contributed by atoms with Crippen LogP contribution in [0.15, 0.2) is 53.3 Å². The third-order valence-corrected chi connectivity index (χ3v) is 5.44. The van der Waals surface area contributed by atoms with Crippen LogP contribution in [0.3, 0.4) is 0 Å². The van der Waals surface area contributed by atoms with E-state index in [1.54, 1.807) is 11.2 Å². The van der Waals surface area contributed by atoms with Gasteiger partial charge in [0.25, 0.3) is 5.91 Å². The molecule has 0 spiro atoms. The van der Waals surface area contributed by atoms with E-state index in [2.05, 4.69) is 15.0 Å². The summed E-state index contributed by atoms with van der Waals surface area (Å²) in [4.78, 5) is 32.1. The number of para-hydroxylation sites is 1. The molecule has 1 aliphatic heterocycles. The highest BCUT2D eigenvalue weighted by Gasteiger charge is 2.37. The highest BCUT2D eigenvalue weighted by molar-refractivity contribution is 5.92.